The molecule has 2 aromatic carbocycles. The Kier molecular flexibility index (Phi) is 12.5. The number of aliphatic hydroxyl groups is 2. The van der Waals surface area contributed by atoms with Crippen LogP contribution in [0.3, 0.4) is 0 Å². The third-order valence-corrected chi connectivity index (χ3v) is 5.88. The molecule has 1 heterocycles. The number of nitrogens with zero attached hydrogens (tertiary/aromatic N) is 2. The number of carboxylic acid groups (broad SMARTS) is 1. The van der Waals surface area contributed by atoms with E-state index in [1.54, 1.807) is 28.8 Å². The van der Waals surface area contributed by atoms with E-state index in [0.29, 0.717) is 35.5 Å². The number of imidazole rings is 1. The van der Waals surface area contributed by atoms with Gasteiger partial charge in [0.25, 0.3) is 5.91 Å². The number of aromatic nitrogens is 2. The second kappa shape index (κ2) is 15.1. The van der Waals surface area contributed by atoms with E-state index in [-0.39, 0.29) is 67.0 Å². The summed E-state index contributed by atoms with van der Waals surface area (Å²) in [6, 6.07) is 11.4. The zero-order chi connectivity index (χ0) is 26.9. The fraction of sp³-hybridized carbons (Fsp3) is 0.370. The predicted octanol–water partition coefficient (Wildman–Crippen LogP) is -0.643. The van der Waals surface area contributed by atoms with Crippen molar-refractivity contribution >= 4 is 11.9 Å². The van der Waals surface area contributed by atoms with E-state index >= 15 is 0 Å². The van der Waals surface area contributed by atoms with Crippen LogP contribution in [0.5, 0.6) is 0 Å². The molecule has 0 fully saturated rings. The fourth-order valence-electron chi connectivity index (χ4n) is 4.07. The van der Waals surface area contributed by atoms with Crippen molar-refractivity contribution in [2.75, 3.05) is 0 Å². The SMILES string of the molecule is CCCc1c(C(=O)NCc2ccc(F)cc2)nc(-c2ccc(F)cc2)n1CC[C@@H](O)C[C@@H](O)CC(=O)[O-].[Na+]. The number of nitrogens with one attached hydrogen (secondary N) is 1. The maximum Gasteiger partial charge on any atom is 1.00 e. The van der Waals surface area contributed by atoms with E-state index < -0.39 is 36.3 Å². The first-order chi connectivity index (χ1) is 17.7. The predicted molar refractivity (Wildman–Crippen MR) is 130 cm³/mol. The first-order valence-corrected chi connectivity index (χ1v) is 12.1. The summed E-state index contributed by atoms with van der Waals surface area (Å²) in [7, 11) is 0. The molecule has 38 heavy (non-hydrogen) atoms. The van der Waals surface area contributed by atoms with Crippen LogP contribution in [0, 0.1) is 11.6 Å². The monoisotopic (exact) mass is 537 g/mol. The summed E-state index contributed by atoms with van der Waals surface area (Å²) in [6.45, 7) is 2.33. The summed E-state index contributed by atoms with van der Waals surface area (Å²) in [6.07, 6.45) is -1.64. The van der Waals surface area contributed by atoms with E-state index in [2.05, 4.69) is 10.3 Å². The Morgan fingerprint density at radius 3 is 2.21 bits per heavy atom. The van der Waals surface area contributed by atoms with Crippen LogP contribution in [-0.4, -0.2) is 43.8 Å². The van der Waals surface area contributed by atoms with Crippen molar-refractivity contribution in [3.63, 3.8) is 0 Å². The van der Waals surface area contributed by atoms with E-state index in [1.165, 1.54) is 24.3 Å². The summed E-state index contributed by atoms with van der Waals surface area (Å²) < 4.78 is 28.6. The Balaban J connectivity index is 0.00000507. The van der Waals surface area contributed by atoms with Crippen molar-refractivity contribution in [3.05, 3.63) is 77.1 Å². The van der Waals surface area contributed by atoms with Crippen molar-refractivity contribution in [3.8, 4) is 11.4 Å². The van der Waals surface area contributed by atoms with E-state index in [0.717, 1.165) is 0 Å². The van der Waals surface area contributed by atoms with E-state index in [9.17, 15) is 33.7 Å². The van der Waals surface area contributed by atoms with Gasteiger partial charge in [0.15, 0.2) is 0 Å². The van der Waals surface area contributed by atoms with Gasteiger partial charge in [0, 0.05) is 31.0 Å². The maximum atomic E-state index is 13.6. The largest absolute Gasteiger partial charge is 1.00 e. The molecule has 0 saturated carbocycles. The average molecular weight is 538 g/mol. The van der Waals surface area contributed by atoms with E-state index in [4.69, 9.17) is 0 Å². The molecule has 0 saturated heterocycles. The zero-order valence-electron chi connectivity index (χ0n) is 21.5. The summed E-state index contributed by atoms with van der Waals surface area (Å²) >= 11 is 0. The molecule has 11 heteroatoms. The zero-order valence-corrected chi connectivity index (χ0v) is 23.5. The molecule has 3 N–H and O–H groups in total. The molecule has 0 spiro atoms. The van der Waals surface area contributed by atoms with Crippen LogP contribution in [-0.2, 0) is 24.3 Å². The van der Waals surface area contributed by atoms with Crippen LogP contribution < -0.4 is 40.0 Å². The van der Waals surface area contributed by atoms with Gasteiger partial charge in [0.05, 0.1) is 17.9 Å². The van der Waals surface area contributed by atoms with Gasteiger partial charge in [-0.25, -0.2) is 13.8 Å². The fourth-order valence-corrected chi connectivity index (χ4v) is 4.07. The Labute approximate surface area is 242 Å². The van der Waals surface area contributed by atoms with Gasteiger partial charge in [-0.15, -0.1) is 0 Å². The third-order valence-electron chi connectivity index (χ3n) is 5.88. The number of hydrogen-bond acceptors (Lipinski definition) is 6. The number of halogens is 2. The second-order valence-electron chi connectivity index (χ2n) is 8.86. The molecular weight excluding hydrogens is 507 g/mol. The van der Waals surface area contributed by atoms with Crippen LogP contribution in [0.4, 0.5) is 8.78 Å². The van der Waals surface area contributed by atoms with Crippen molar-refractivity contribution in [2.45, 2.75) is 64.3 Å². The molecule has 8 nitrogen and oxygen atoms in total. The number of hydrogen-bond donors (Lipinski definition) is 3. The van der Waals surface area contributed by atoms with Gasteiger partial charge in [-0.1, -0.05) is 25.5 Å². The molecular formula is C27H30F2N3NaO5. The average Bonchev–Trinajstić information content (AvgIpc) is 3.20. The van der Waals surface area contributed by atoms with Crippen LogP contribution in [0.1, 0.15) is 54.4 Å². The summed E-state index contributed by atoms with van der Waals surface area (Å²) in [5.74, 6) is -2.23. The molecule has 0 bridgehead atoms. The number of aliphatic carboxylic acids is 1. The number of carboxylic acids is 1. The molecule has 0 aliphatic carbocycles. The Morgan fingerprint density at radius 2 is 1.63 bits per heavy atom. The molecule has 3 aromatic rings. The molecule has 1 aromatic heterocycles. The third kappa shape index (κ3) is 8.99. The van der Waals surface area contributed by atoms with Crippen molar-refractivity contribution in [2.24, 2.45) is 0 Å². The number of rotatable bonds is 13. The number of aliphatic hydroxyl groups excluding tert-OH is 2. The summed E-state index contributed by atoms with van der Waals surface area (Å²) in [4.78, 5) is 28.4. The Bertz CT molecular complexity index is 1200. The normalized spacial score (nSPS) is 12.4. The molecule has 198 valence electrons. The summed E-state index contributed by atoms with van der Waals surface area (Å²) in [5.41, 5.74) is 2.10. The Hall–Kier alpha value is -2.63. The first-order valence-electron chi connectivity index (χ1n) is 12.1. The smallest absolute Gasteiger partial charge is 0.550 e. The Morgan fingerprint density at radius 1 is 1.03 bits per heavy atom. The molecule has 3 rings (SSSR count). The second-order valence-corrected chi connectivity index (χ2v) is 8.86. The molecule has 0 radical (unpaired) electrons. The quantitative estimate of drug-likeness (QED) is 0.249. The number of benzene rings is 2. The topological polar surface area (TPSA) is 128 Å². The maximum absolute atomic E-state index is 13.6. The summed E-state index contributed by atoms with van der Waals surface area (Å²) in [5, 5.41) is 33.7. The number of carbonyl (C=O) groups is 2. The van der Waals surface area contributed by atoms with Gasteiger partial charge >= 0.3 is 29.6 Å². The van der Waals surface area contributed by atoms with Gasteiger partial charge < -0.3 is 30.0 Å². The number of amides is 1. The molecule has 0 aliphatic rings. The van der Waals surface area contributed by atoms with Crippen molar-refractivity contribution < 1.29 is 63.2 Å². The molecule has 0 unspecified atom stereocenters. The van der Waals surface area contributed by atoms with Crippen molar-refractivity contribution in [1.29, 1.82) is 0 Å². The van der Waals surface area contributed by atoms with E-state index in [1.807, 2.05) is 6.92 Å². The van der Waals surface area contributed by atoms with Gasteiger partial charge in [0.2, 0.25) is 0 Å². The molecule has 1 amide bonds. The minimum atomic E-state index is -1.41. The van der Waals surface area contributed by atoms with Crippen LogP contribution >= 0.6 is 0 Å². The van der Waals surface area contributed by atoms with Crippen molar-refractivity contribution in [1.82, 2.24) is 14.9 Å². The van der Waals surface area contributed by atoms with Gasteiger partial charge in [-0.05, 0) is 61.2 Å². The van der Waals surface area contributed by atoms with Gasteiger partial charge in [-0.3, -0.25) is 4.79 Å². The molecule has 0 aliphatic heterocycles. The van der Waals surface area contributed by atoms with Gasteiger partial charge in [-0.2, -0.15) is 0 Å². The minimum Gasteiger partial charge on any atom is -0.550 e. The molecule has 2 atom stereocenters. The minimum absolute atomic E-state index is 0. The van der Waals surface area contributed by atoms with Gasteiger partial charge in [0.1, 0.15) is 23.2 Å². The first kappa shape index (κ1) is 31.6. The van der Waals surface area contributed by atoms with Crippen LogP contribution in [0.2, 0.25) is 0 Å². The van der Waals surface area contributed by atoms with Crippen LogP contribution in [0.15, 0.2) is 48.5 Å². The standard InChI is InChI=1S/C27H31F2N3O5.Na/c1-2-3-23-25(27(37)30-16-17-4-8-19(28)9-5-17)31-26(18-6-10-20(29)11-7-18)32(23)13-12-21(33)14-22(34)15-24(35)36;/h4-11,21-22,33-34H,2-3,12-16H2,1H3,(H,30,37)(H,35,36);/q;+1/p-1/t21-,22-;/m1./s1. The number of carbonyl (C=O) groups excluding carboxylic acids is 2. The van der Waals surface area contributed by atoms with Crippen LogP contribution in [0.25, 0.3) is 11.4 Å².